The van der Waals surface area contributed by atoms with Gasteiger partial charge in [0, 0.05) is 12.7 Å². The van der Waals surface area contributed by atoms with Gasteiger partial charge in [-0.3, -0.25) is 14.4 Å². The molecule has 0 spiro atoms. The molecule has 2 heterocycles. The van der Waals surface area contributed by atoms with Crippen LogP contribution < -0.4 is 5.73 Å². The number of carbonyl (C=O) groups is 3. The summed E-state index contributed by atoms with van der Waals surface area (Å²) in [6, 6.07) is 6.45. The summed E-state index contributed by atoms with van der Waals surface area (Å²) in [6.45, 7) is 0.323. The van der Waals surface area contributed by atoms with E-state index in [1.807, 2.05) is 12.1 Å². The number of Topliss-reactive ketones (excluding diaryl/α,β-unsaturated/α-hetero) is 1. The molecular formula is C21H26N2O5. The van der Waals surface area contributed by atoms with Crippen LogP contribution in [0.1, 0.15) is 47.5 Å². The predicted octanol–water partition coefficient (Wildman–Crippen LogP) is 1.25. The first-order valence-electron chi connectivity index (χ1n) is 9.89. The minimum absolute atomic E-state index is 0.00490. The molecule has 4 rings (SSSR count). The SMILES string of the molecule is CO[C@H]1CN(C(=O)[C@H](c2ccccc2C(N)=O)C2CCCC2)[C@@H]2C(=O)CO[C@H]12. The molecule has 0 aromatic heterocycles. The van der Waals surface area contributed by atoms with Crippen LogP contribution in [-0.4, -0.2) is 61.0 Å². The Morgan fingerprint density at radius 2 is 1.96 bits per heavy atom. The van der Waals surface area contributed by atoms with E-state index in [0.717, 1.165) is 25.7 Å². The van der Waals surface area contributed by atoms with Crippen LogP contribution in [-0.2, 0) is 19.1 Å². The van der Waals surface area contributed by atoms with Gasteiger partial charge in [-0.25, -0.2) is 0 Å². The number of amides is 2. The summed E-state index contributed by atoms with van der Waals surface area (Å²) in [6.07, 6.45) is 3.21. The Hall–Kier alpha value is -2.25. The highest BCUT2D eigenvalue weighted by molar-refractivity contribution is 5.99. The van der Waals surface area contributed by atoms with Crippen molar-refractivity contribution in [3.63, 3.8) is 0 Å². The number of nitrogens with two attached hydrogens (primary N) is 1. The van der Waals surface area contributed by atoms with Crippen molar-refractivity contribution in [3.8, 4) is 0 Å². The maximum atomic E-state index is 13.8. The zero-order valence-electron chi connectivity index (χ0n) is 16.0. The van der Waals surface area contributed by atoms with Crippen LogP contribution in [0, 0.1) is 5.92 Å². The maximum Gasteiger partial charge on any atom is 0.249 e. The van der Waals surface area contributed by atoms with Crippen LogP contribution in [0.25, 0.3) is 0 Å². The van der Waals surface area contributed by atoms with Gasteiger partial charge in [0.1, 0.15) is 24.9 Å². The lowest BCUT2D eigenvalue weighted by atomic mass is 9.81. The first-order chi connectivity index (χ1) is 13.5. The van der Waals surface area contributed by atoms with Crippen molar-refractivity contribution in [2.75, 3.05) is 20.3 Å². The van der Waals surface area contributed by atoms with Crippen molar-refractivity contribution in [3.05, 3.63) is 35.4 Å². The van der Waals surface area contributed by atoms with E-state index in [-0.39, 0.29) is 30.3 Å². The van der Waals surface area contributed by atoms with Crippen LogP contribution in [0.4, 0.5) is 0 Å². The molecule has 2 aliphatic heterocycles. The number of primary amides is 1. The molecule has 2 amide bonds. The quantitative estimate of drug-likeness (QED) is 0.821. The number of likely N-dealkylation sites (tertiary alicyclic amines) is 1. The Morgan fingerprint density at radius 1 is 1.25 bits per heavy atom. The third kappa shape index (κ3) is 3.12. The van der Waals surface area contributed by atoms with E-state index in [9.17, 15) is 14.4 Å². The number of rotatable bonds is 5. The molecule has 0 radical (unpaired) electrons. The fraction of sp³-hybridized carbons (Fsp3) is 0.571. The van der Waals surface area contributed by atoms with Crippen LogP contribution >= 0.6 is 0 Å². The lowest BCUT2D eigenvalue weighted by Gasteiger charge is -2.31. The van der Waals surface area contributed by atoms with Crippen molar-refractivity contribution >= 4 is 17.6 Å². The summed E-state index contributed by atoms with van der Waals surface area (Å²) in [5, 5.41) is 0. The van der Waals surface area contributed by atoms with Crippen LogP contribution in [0.5, 0.6) is 0 Å². The summed E-state index contributed by atoms with van der Waals surface area (Å²) in [5.41, 5.74) is 6.64. The minimum atomic E-state index is -0.609. The molecule has 2 saturated heterocycles. The lowest BCUT2D eigenvalue weighted by molar-refractivity contribution is -0.139. The van der Waals surface area contributed by atoms with Gasteiger partial charge in [0.2, 0.25) is 11.8 Å². The highest BCUT2D eigenvalue weighted by atomic mass is 16.5. The van der Waals surface area contributed by atoms with Gasteiger partial charge in [-0.2, -0.15) is 0 Å². The third-order valence-electron chi connectivity index (χ3n) is 6.42. The summed E-state index contributed by atoms with van der Waals surface area (Å²) in [7, 11) is 1.57. The van der Waals surface area contributed by atoms with Crippen LogP contribution in [0.3, 0.4) is 0 Å². The summed E-state index contributed by atoms with van der Waals surface area (Å²) >= 11 is 0. The number of ether oxygens (including phenoxy) is 2. The molecule has 3 aliphatic rings. The van der Waals surface area contributed by atoms with Gasteiger partial charge in [-0.1, -0.05) is 31.0 Å². The number of methoxy groups -OCH3 is 1. The Morgan fingerprint density at radius 3 is 2.64 bits per heavy atom. The zero-order valence-corrected chi connectivity index (χ0v) is 16.0. The third-order valence-corrected chi connectivity index (χ3v) is 6.42. The largest absolute Gasteiger partial charge is 0.377 e. The lowest BCUT2D eigenvalue weighted by Crippen LogP contribution is -2.45. The van der Waals surface area contributed by atoms with Crippen molar-refractivity contribution < 1.29 is 23.9 Å². The first-order valence-corrected chi connectivity index (χ1v) is 9.89. The molecule has 7 heteroatoms. The minimum Gasteiger partial charge on any atom is -0.377 e. The second-order valence-electron chi connectivity index (χ2n) is 7.93. The summed E-state index contributed by atoms with van der Waals surface area (Å²) in [5.74, 6) is -1.12. The zero-order chi connectivity index (χ0) is 19.8. The molecule has 150 valence electrons. The van der Waals surface area contributed by atoms with E-state index in [4.69, 9.17) is 15.2 Å². The van der Waals surface area contributed by atoms with Crippen LogP contribution in [0.15, 0.2) is 24.3 Å². The van der Waals surface area contributed by atoms with Crippen molar-refractivity contribution in [1.29, 1.82) is 0 Å². The molecule has 1 aromatic carbocycles. The average Bonchev–Trinajstić information content (AvgIpc) is 3.41. The molecule has 2 N–H and O–H groups in total. The molecule has 3 fully saturated rings. The van der Waals surface area contributed by atoms with Gasteiger partial charge in [0.25, 0.3) is 0 Å². The van der Waals surface area contributed by atoms with E-state index in [1.54, 1.807) is 24.1 Å². The van der Waals surface area contributed by atoms with Crippen molar-refractivity contribution in [2.45, 2.75) is 49.9 Å². The van der Waals surface area contributed by atoms with Crippen molar-refractivity contribution in [1.82, 2.24) is 4.90 Å². The second-order valence-corrected chi connectivity index (χ2v) is 7.93. The molecule has 28 heavy (non-hydrogen) atoms. The van der Waals surface area contributed by atoms with Crippen molar-refractivity contribution in [2.24, 2.45) is 11.7 Å². The average molecular weight is 386 g/mol. The topological polar surface area (TPSA) is 98.9 Å². The number of ketones is 1. The number of benzene rings is 1. The highest BCUT2D eigenvalue weighted by Crippen LogP contribution is 2.41. The van der Waals surface area contributed by atoms with Gasteiger partial charge in [-0.15, -0.1) is 0 Å². The molecule has 7 nitrogen and oxygen atoms in total. The second kappa shape index (κ2) is 7.64. The Labute approximate surface area is 164 Å². The number of nitrogens with zero attached hydrogens (tertiary/aromatic N) is 1. The number of fused-ring (bicyclic) bond motifs is 1. The Balaban J connectivity index is 1.72. The predicted molar refractivity (Wildman–Crippen MR) is 101 cm³/mol. The molecular weight excluding hydrogens is 360 g/mol. The van der Waals surface area contributed by atoms with E-state index < -0.39 is 24.0 Å². The van der Waals surface area contributed by atoms with Gasteiger partial charge in [0.05, 0.1) is 12.5 Å². The summed E-state index contributed by atoms with van der Waals surface area (Å²) in [4.78, 5) is 39.8. The maximum absolute atomic E-state index is 13.8. The number of hydrogen-bond donors (Lipinski definition) is 1. The van der Waals surface area contributed by atoms with Gasteiger partial charge >= 0.3 is 0 Å². The fourth-order valence-electron chi connectivity index (χ4n) is 5.10. The van der Waals surface area contributed by atoms with E-state index in [1.165, 1.54) is 0 Å². The van der Waals surface area contributed by atoms with Crippen LogP contribution in [0.2, 0.25) is 0 Å². The van der Waals surface area contributed by atoms with Gasteiger partial charge in [-0.05, 0) is 30.4 Å². The molecule has 0 unspecified atom stereocenters. The highest BCUT2D eigenvalue weighted by Gasteiger charge is 2.54. The number of hydrogen-bond acceptors (Lipinski definition) is 5. The Bertz CT molecular complexity index is 789. The normalized spacial score (nSPS) is 28.5. The van der Waals surface area contributed by atoms with Gasteiger partial charge in [0.15, 0.2) is 5.78 Å². The summed E-state index contributed by atoms with van der Waals surface area (Å²) < 4.78 is 11.1. The molecule has 4 atom stereocenters. The fourth-order valence-corrected chi connectivity index (χ4v) is 5.10. The Kier molecular flexibility index (Phi) is 5.21. The molecule has 1 saturated carbocycles. The number of carbonyl (C=O) groups excluding carboxylic acids is 3. The van der Waals surface area contributed by atoms with Gasteiger partial charge < -0.3 is 20.1 Å². The smallest absolute Gasteiger partial charge is 0.249 e. The van der Waals surface area contributed by atoms with E-state index >= 15 is 0 Å². The first kappa shape index (κ1) is 19.1. The van der Waals surface area contributed by atoms with E-state index in [0.29, 0.717) is 17.7 Å². The standard InChI is InChI=1S/C21H26N2O5/c1-27-16-10-23(18-15(24)11-28-19(16)18)21(26)17(12-6-2-3-7-12)13-8-4-5-9-14(13)20(22)25/h4-5,8-9,12,16-19H,2-3,6-7,10-11H2,1H3,(H2,22,25)/t16-,17-,18+,19+/m0/s1. The molecule has 0 bridgehead atoms. The molecule has 1 aromatic rings. The monoisotopic (exact) mass is 386 g/mol. The molecule has 1 aliphatic carbocycles. The van der Waals surface area contributed by atoms with E-state index in [2.05, 4.69) is 0 Å².